The molecular formula is C11H20N2O. The topological polar surface area (TPSA) is 38.0 Å². The second-order valence-corrected chi connectivity index (χ2v) is 4.83. The van der Waals surface area contributed by atoms with E-state index in [2.05, 4.69) is 18.9 Å². The molecule has 0 saturated heterocycles. The van der Waals surface area contributed by atoms with Crippen LogP contribution in [0.1, 0.15) is 44.9 Å². The summed E-state index contributed by atoms with van der Waals surface area (Å²) < 4.78 is 1.82. The summed E-state index contributed by atoms with van der Waals surface area (Å²) in [4.78, 5) is 0. The highest BCUT2D eigenvalue weighted by Crippen LogP contribution is 2.18. The molecule has 0 unspecified atom stereocenters. The molecule has 1 aromatic heterocycles. The zero-order valence-corrected chi connectivity index (χ0v) is 9.70. The minimum atomic E-state index is -0.702. The SMILES string of the molecule is Cc1nn(CC(C)(C)O)cc1C(C)C. The van der Waals surface area contributed by atoms with Crippen molar-refractivity contribution in [2.75, 3.05) is 0 Å². The highest BCUT2D eigenvalue weighted by atomic mass is 16.3. The van der Waals surface area contributed by atoms with Crippen LogP contribution in [-0.2, 0) is 6.54 Å². The fourth-order valence-electron chi connectivity index (χ4n) is 1.58. The van der Waals surface area contributed by atoms with Crippen molar-refractivity contribution in [3.63, 3.8) is 0 Å². The Hall–Kier alpha value is -0.830. The van der Waals surface area contributed by atoms with E-state index in [4.69, 9.17) is 0 Å². The van der Waals surface area contributed by atoms with E-state index in [1.54, 1.807) is 13.8 Å². The molecule has 1 aromatic rings. The lowest BCUT2D eigenvalue weighted by Gasteiger charge is -2.16. The molecule has 3 heteroatoms. The third-order valence-corrected chi connectivity index (χ3v) is 2.16. The molecule has 0 atom stereocenters. The Bertz CT molecular complexity index is 308. The predicted molar refractivity (Wildman–Crippen MR) is 57.4 cm³/mol. The van der Waals surface area contributed by atoms with Gasteiger partial charge >= 0.3 is 0 Å². The van der Waals surface area contributed by atoms with Gasteiger partial charge in [-0.1, -0.05) is 13.8 Å². The lowest BCUT2D eigenvalue weighted by Crippen LogP contribution is -2.26. The summed E-state index contributed by atoms with van der Waals surface area (Å²) in [5.74, 6) is 0.491. The van der Waals surface area contributed by atoms with Crippen LogP contribution in [0.4, 0.5) is 0 Å². The van der Waals surface area contributed by atoms with Gasteiger partial charge < -0.3 is 5.11 Å². The van der Waals surface area contributed by atoms with E-state index in [0.717, 1.165) is 5.69 Å². The Morgan fingerprint density at radius 1 is 1.50 bits per heavy atom. The van der Waals surface area contributed by atoms with Crippen molar-refractivity contribution < 1.29 is 5.11 Å². The van der Waals surface area contributed by atoms with E-state index < -0.39 is 5.60 Å². The van der Waals surface area contributed by atoms with Crippen molar-refractivity contribution in [2.24, 2.45) is 0 Å². The molecule has 3 nitrogen and oxygen atoms in total. The van der Waals surface area contributed by atoms with Crippen LogP contribution in [0.3, 0.4) is 0 Å². The quantitative estimate of drug-likeness (QED) is 0.803. The summed E-state index contributed by atoms with van der Waals surface area (Å²) in [6.07, 6.45) is 2.03. The Labute approximate surface area is 85.8 Å². The van der Waals surface area contributed by atoms with Crippen molar-refractivity contribution in [2.45, 2.75) is 52.7 Å². The molecule has 0 fully saturated rings. The number of aryl methyl sites for hydroxylation is 1. The molecule has 1 rings (SSSR count). The van der Waals surface area contributed by atoms with Gasteiger partial charge in [0.25, 0.3) is 0 Å². The maximum atomic E-state index is 9.65. The zero-order valence-electron chi connectivity index (χ0n) is 9.70. The molecule has 14 heavy (non-hydrogen) atoms. The van der Waals surface area contributed by atoms with Crippen LogP contribution in [0.15, 0.2) is 6.20 Å². The number of hydrogen-bond donors (Lipinski definition) is 1. The van der Waals surface area contributed by atoms with E-state index in [1.807, 2.05) is 17.8 Å². The standard InChI is InChI=1S/C11H20N2O/c1-8(2)10-6-13(12-9(10)3)7-11(4,5)14/h6,8,14H,7H2,1-5H3. The van der Waals surface area contributed by atoms with Crippen LogP contribution in [0.25, 0.3) is 0 Å². The van der Waals surface area contributed by atoms with Crippen molar-refractivity contribution in [3.8, 4) is 0 Å². The molecule has 0 spiro atoms. The number of aliphatic hydroxyl groups is 1. The Kier molecular flexibility index (Phi) is 3.00. The van der Waals surface area contributed by atoms with Gasteiger partial charge in [-0.05, 0) is 32.3 Å². The van der Waals surface area contributed by atoms with Crippen LogP contribution in [0.2, 0.25) is 0 Å². The monoisotopic (exact) mass is 196 g/mol. The summed E-state index contributed by atoms with van der Waals surface area (Å²) >= 11 is 0. The first-order chi connectivity index (χ1) is 6.29. The lowest BCUT2D eigenvalue weighted by molar-refractivity contribution is 0.0576. The third-order valence-electron chi connectivity index (χ3n) is 2.16. The second-order valence-electron chi connectivity index (χ2n) is 4.83. The first kappa shape index (κ1) is 11.2. The fourth-order valence-corrected chi connectivity index (χ4v) is 1.58. The molecule has 0 aliphatic rings. The smallest absolute Gasteiger partial charge is 0.0786 e. The highest BCUT2D eigenvalue weighted by Gasteiger charge is 2.16. The normalized spacial score (nSPS) is 12.5. The van der Waals surface area contributed by atoms with Gasteiger partial charge in [0, 0.05) is 6.20 Å². The van der Waals surface area contributed by atoms with E-state index >= 15 is 0 Å². The van der Waals surface area contributed by atoms with Gasteiger partial charge in [0.1, 0.15) is 0 Å². The van der Waals surface area contributed by atoms with Crippen LogP contribution in [0.5, 0.6) is 0 Å². The van der Waals surface area contributed by atoms with Gasteiger partial charge in [-0.2, -0.15) is 5.10 Å². The first-order valence-electron chi connectivity index (χ1n) is 5.06. The van der Waals surface area contributed by atoms with Crippen LogP contribution in [0, 0.1) is 6.92 Å². The van der Waals surface area contributed by atoms with Crippen molar-refractivity contribution in [1.29, 1.82) is 0 Å². The van der Waals surface area contributed by atoms with Crippen molar-refractivity contribution >= 4 is 0 Å². The summed E-state index contributed by atoms with van der Waals surface area (Å²) in [6.45, 7) is 10.4. The average Bonchev–Trinajstić information content (AvgIpc) is 2.26. The van der Waals surface area contributed by atoms with Crippen LogP contribution >= 0.6 is 0 Å². The Morgan fingerprint density at radius 3 is 2.43 bits per heavy atom. The molecule has 0 bridgehead atoms. The maximum absolute atomic E-state index is 9.65. The summed E-state index contributed by atoms with van der Waals surface area (Å²) in [7, 11) is 0. The van der Waals surface area contributed by atoms with Gasteiger partial charge in [0.2, 0.25) is 0 Å². The van der Waals surface area contributed by atoms with E-state index in [9.17, 15) is 5.11 Å². The van der Waals surface area contributed by atoms with E-state index in [0.29, 0.717) is 12.5 Å². The minimum absolute atomic E-state index is 0.491. The molecular weight excluding hydrogens is 176 g/mol. The third kappa shape index (κ3) is 2.84. The van der Waals surface area contributed by atoms with Gasteiger partial charge in [0.05, 0.1) is 17.8 Å². The summed E-state index contributed by atoms with van der Waals surface area (Å²) in [5, 5.41) is 14.0. The van der Waals surface area contributed by atoms with E-state index in [-0.39, 0.29) is 0 Å². The Balaban J connectivity index is 2.86. The fraction of sp³-hybridized carbons (Fsp3) is 0.727. The molecule has 0 amide bonds. The first-order valence-corrected chi connectivity index (χ1v) is 5.06. The van der Waals surface area contributed by atoms with E-state index in [1.165, 1.54) is 5.56 Å². The van der Waals surface area contributed by atoms with Crippen molar-refractivity contribution in [1.82, 2.24) is 9.78 Å². The molecule has 0 aliphatic carbocycles. The molecule has 0 aromatic carbocycles. The van der Waals surface area contributed by atoms with Crippen molar-refractivity contribution in [3.05, 3.63) is 17.5 Å². The predicted octanol–water partition coefficient (Wildman–Crippen LogP) is 2.09. The molecule has 1 heterocycles. The average molecular weight is 196 g/mol. The second kappa shape index (κ2) is 3.73. The lowest BCUT2D eigenvalue weighted by atomic mass is 10.1. The molecule has 80 valence electrons. The van der Waals surface area contributed by atoms with Crippen LogP contribution in [-0.4, -0.2) is 20.5 Å². The summed E-state index contributed by atoms with van der Waals surface area (Å²) in [6, 6.07) is 0. The number of hydrogen-bond acceptors (Lipinski definition) is 2. The number of nitrogens with zero attached hydrogens (tertiary/aromatic N) is 2. The zero-order chi connectivity index (χ0) is 10.9. The Morgan fingerprint density at radius 2 is 2.07 bits per heavy atom. The van der Waals surface area contributed by atoms with Gasteiger partial charge in [0.15, 0.2) is 0 Å². The van der Waals surface area contributed by atoms with Gasteiger partial charge in [-0.15, -0.1) is 0 Å². The minimum Gasteiger partial charge on any atom is -0.389 e. The highest BCUT2D eigenvalue weighted by molar-refractivity contribution is 5.19. The number of aromatic nitrogens is 2. The van der Waals surface area contributed by atoms with Gasteiger partial charge in [-0.25, -0.2) is 0 Å². The molecule has 0 saturated carbocycles. The van der Waals surface area contributed by atoms with Gasteiger partial charge in [-0.3, -0.25) is 4.68 Å². The summed E-state index contributed by atoms with van der Waals surface area (Å²) in [5.41, 5.74) is 1.62. The maximum Gasteiger partial charge on any atom is 0.0786 e. The molecule has 1 N–H and O–H groups in total. The van der Waals surface area contributed by atoms with Crippen LogP contribution < -0.4 is 0 Å². The number of rotatable bonds is 3. The largest absolute Gasteiger partial charge is 0.389 e. The molecule has 0 aliphatic heterocycles. The molecule has 0 radical (unpaired) electrons.